The van der Waals surface area contributed by atoms with Crippen LogP contribution in [0.15, 0.2) is 36.1 Å². The first-order valence-corrected chi connectivity index (χ1v) is 5.74. The molecule has 0 aromatic carbocycles. The van der Waals surface area contributed by atoms with Crippen molar-refractivity contribution in [3.63, 3.8) is 0 Å². The summed E-state index contributed by atoms with van der Waals surface area (Å²) in [4.78, 5) is 16.1. The van der Waals surface area contributed by atoms with Gasteiger partial charge in [-0.15, -0.1) is 11.3 Å². The third-order valence-corrected chi connectivity index (χ3v) is 3.33. The Morgan fingerprint density at radius 2 is 2.35 bits per heavy atom. The summed E-state index contributed by atoms with van der Waals surface area (Å²) in [5.74, 6) is -0.999. The molecule has 3 rings (SSSR count). The molecule has 0 aliphatic heterocycles. The van der Waals surface area contributed by atoms with Crippen molar-refractivity contribution in [2.75, 3.05) is 0 Å². The molecule has 0 fully saturated rings. The van der Waals surface area contributed by atoms with Crippen molar-refractivity contribution in [2.45, 2.75) is 0 Å². The SMILES string of the molecule is O=C(O)c1cc(-c2cccs2)cn2ncnc12. The maximum atomic E-state index is 11.2. The summed E-state index contributed by atoms with van der Waals surface area (Å²) in [6.45, 7) is 0. The standard InChI is InChI=1S/C11H7N3O2S/c15-11(16)8-4-7(9-2-1-3-17-9)5-14-10(8)12-6-13-14/h1-6H,(H,15,16). The molecule has 3 aromatic rings. The minimum absolute atomic E-state index is 0.161. The first-order chi connectivity index (χ1) is 8.25. The molecule has 6 heteroatoms. The third-order valence-electron chi connectivity index (χ3n) is 2.41. The topological polar surface area (TPSA) is 67.5 Å². The number of carboxylic acids is 1. The summed E-state index contributed by atoms with van der Waals surface area (Å²) < 4.78 is 1.48. The summed E-state index contributed by atoms with van der Waals surface area (Å²) in [7, 11) is 0. The largest absolute Gasteiger partial charge is 0.478 e. The highest BCUT2D eigenvalue weighted by Crippen LogP contribution is 2.26. The molecule has 1 N–H and O–H groups in total. The normalized spacial score (nSPS) is 10.8. The van der Waals surface area contributed by atoms with Crippen LogP contribution in [0.25, 0.3) is 16.1 Å². The second kappa shape index (κ2) is 3.67. The van der Waals surface area contributed by atoms with E-state index < -0.39 is 5.97 Å². The van der Waals surface area contributed by atoms with Crippen LogP contribution in [0.3, 0.4) is 0 Å². The summed E-state index contributed by atoms with van der Waals surface area (Å²) in [6, 6.07) is 5.48. The molecule has 0 radical (unpaired) electrons. The van der Waals surface area contributed by atoms with E-state index in [2.05, 4.69) is 10.1 Å². The van der Waals surface area contributed by atoms with Gasteiger partial charge in [0.1, 0.15) is 11.9 Å². The van der Waals surface area contributed by atoms with Crippen LogP contribution in [-0.4, -0.2) is 25.7 Å². The maximum absolute atomic E-state index is 11.2. The lowest BCUT2D eigenvalue weighted by Crippen LogP contribution is -2.02. The highest BCUT2D eigenvalue weighted by molar-refractivity contribution is 7.13. The van der Waals surface area contributed by atoms with E-state index in [1.807, 2.05) is 17.5 Å². The van der Waals surface area contributed by atoms with Gasteiger partial charge in [-0.3, -0.25) is 0 Å². The van der Waals surface area contributed by atoms with E-state index in [-0.39, 0.29) is 5.56 Å². The van der Waals surface area contributed by atoms with Crippen molar-refractivity contribution in [2.24, 2.45) is 0 Å². The third kappa shape index (κ3) is 1.58. The fourth-order valence-electron chi connectivity index (χ4n) is 1.66. The second-order valence-corrected chi connectivity index (χ2v) is 4.40. The molecule has 0 aliphatic rings. The number of nitrogens with zero attached hydrogens (tertiary/aromatic N) is 3. The number of aromatic carboxylic acids is 1. The average Bonchev–Trinajstić information content (AvgIpc) is 2.98. The highest BCUT2D eigenvalue weighted by atomic mass is 32.1. The summed E-state index contributed by atoms with van der Waals surface area (Å²) in [5.41, 5.74) is 1.35. The molecule has 84 valence electrons. The Balaban J connectivity index is 2.31. The van der Waals surface area contributed by atoms with E-state index in [9.17, 15) is 4.79 Å². The molecule has 17 heavy (non-hydrogen) atoms. The van der Waals surface area contributed by atoms with E-state index in [1.54, 1.807) is 23.6 Å². The molecule has 0 atom stereocenters. The number of carboxylic acid groups (broad SMARTS) is 1. The number of fused-ring (bicyclic) bond motifs is 1. The molecule has 0 amide bonds. The van der Waals surface area contributed by atoms with E-state index in [1.165, 1.54) is 10.8 Å². The van der Waals surface area contributed by atoms with Crippen molar-refractivity contribution in [3.05, 3.63) is 41.7 Å². The van der Waals surface area contributed by atoms with Crippen LogP contribution in [0.2, 0.25) is 0 Å². The molecule has 0 spiro atoms. The van der Waals surface area contributed by atoms with Gasteiger partial charge in [-0.2, -0.15) is 5.10 Å². The van der Waals surface area contributed by atoms with Crippen LogP contribution in [0.5, 0.6) is 0 Å². The molecular weight excluding hydrogens is 238 g/mol. The summed E-state index contributed by atoms with van der Waals surface area (Å²) in [6.07, 6.45) is 3.13. The van der Waals surface area contributed by atoms with Gasteiger partial charge in [0.25, 0.3) is 0 Å². The lowest BCUT2D eigenvalue weighted by Gasteiger charge is -2.02. The van der Waals surface area contributed by atoms with Crippen molar-refractivity contribution in [3.8, 4) is 10.4 Å². The van der Waals surface area contributed by atoms with Gasteiger partial charge in [-0.25, -0.2) is 14.3 Å². The van der Waals surface area contributed by atoms with Crippen LogP contribution in [0.1, 0.15) is 10.4 Å². The van der Waals surface area contributed by atoms with Crippen molar-refractivity contribution < 1.29 is 9.90 Å². The number of pyridine rings is 1. The lowest BCUT2D eigenvalue weighted by molar-refractivity contribution is 0.0698. The van der Waals surface area contributed by atoms with Gasteiger partial charge in [0, 0.05) is 16.6 Å². The van der Waals surface area contributed by atoms with E-state index in [0.717, 1.165) is 10.4 Å². The fourth-order valence-corrected chi connectivity index (χ4v) is 2.37. The van der Waals surface area contributed by atoms with Crippen LogP contribution in [0.4, 0.5) is 0 Å². The number of rotatable bonds is 2. The van der Waals surface area contributed by atoms with Gasteiger partial charge in [0.15, 0.2) is 5.65 Å². The molecule has 0 bridgehead atoms. The number of carbonyl (C=O) groups is 1. The molecule has 0 saturated carbocycles. The number of aromatic nitrogens is 3. The molecule has 0 aliphatic carbocycles. The summed E-state index contributed by atoms with van der Waals surface area (Å²) in [5, 5.41) is 15.1. The number of thiophene rings is 1. The van der Waals surface area contributed by atoms with E-state index in [0.29, 0.717) is 5.65 Å². The smallest absolute Gasteiger partial charge is 0.339 e. The van der Waals surface area contributed by atoms with E-state index in [4.69, 9.17) is 5.11 Å². The fraction of sp³-hybridized carbons (Fsp3) is 0. The minimum Gasteiger partial charge on any atom is -0.478 e. The zero-order valence-electron chi connectivity index (χ0n) is 8.57. The van der Waals surface area contributed by atoms with Crippen molar-refractivity contribution >= 4 is 23.0 Å². The lowest BCUT2D eigenvalue weighted by atomic mass is 10.1. The van der Waals surface area contributed by atoms with Crippen LogP contribution < -0.4 is 0 Å². The Kier molecular flexibility index (Phi) is 2.15. The van der Waals surface area contributed by atoms with Gasteiger partial charge in [0.05, 0.1) is 0 Å². The monoisotopic (exact) mass is 245 g/mol. The van der Waals surface area contributed by atoms with Crippen molar-refractivity contribution in [1.82, 2.24) is 14.6 Å². The van der Waals surface area contributed by atoms with E-state index >= 15 is 0 Å². The zero-order valence-corrected chi connectivity index (χ0v) is 9.39. The minimum atomic E-state index is -0.999. The molecule has 3 heterocycles. The second-order valence-electron chi connectivity index (χ2n) is 3.45. The summed E-state index contributed by atoms with van der Waals surface area (Å²) >= 11 is 1.55. The highest BCUT2D eigenvalue weighted by Gasteiger charge is 2.13. The van der Waals surface area contributed by atoms with Gasteiger partial charge in [-0.1, -0.05) is 6.07 Å². The molecule has 0 unspecified atom stereocenters. The molecule has 3 aromatic heterocycles. The van der Waals surface area contributed by atoms with Gasteiger partial charge in [0.2, 0.25) is 0 Å². The Morgan fingerprint density at radius 3 is 3.06 bits per heavy atom. The molecule has 5 nitrogen and oxygen atoms in total. The first kappa shape index (κ1) is 9.98. The van der Waals surface area contributed by atoms with Crippen molar-refractivity contribution in [1.29, 1.82) is 0 Å². The Labute approximate surface area is 100.0 Å². The van der Waals surface area contributed by atoms with Gasteiger partial charge >= 0.3 is 5.97 Å². The predicted molar refractivity (Wildman–Crippen MR) is 63.3 cm³/mol. The van der Waals surface area contributed by atoms with Gasteiger partial charge in [-0.05, 0) is 17.5 Å². The number of hydrogen-bond donors (Lipinski definition) is 1. The Bertz CT molecular complexity index is 688. The molecular formula is C11H7N3O2S. The predicted octanol–water partition coefficient (Wildman–Crippen LogP) is 2.16. The van der Waals surface area contributed by atoms with Gasteiger partial charge < -0.3 is 5.11 Å². The first-order valence-electron chi connectivity index (χ1n) is 4.86. The quantitative estimate of drug-likeness (QED) is 0.751. The van der Waals surface area contributed by atoms with Crippen LogP contribution in [-0.2, 0) is 0 Å². The Morgan fingerprint density at radius 1 is 1.47 bits per heavy atom. The zero-order chi connectivity index (χ0) is 11.8. The average molecular weight is 245 g/mol. The maximum Gasteiger partial charge on any atom is 0.339 e. The number of hydrogen-bond acceptors (Lipinski definition) is 4. The van der Waals surface area contributed by atoms with Crippen LogP contribution in [0, 0.1) is 0 Å². The molecule has 0 saturated heterocycles. The van der Waals surface area contributed by atoms with Crippen LogP contribution >= 0.6 is 11.3 Å². The Hall–Kier alpha value is -2.21.